The largest absolute Gasteiger partial charge is 0.439 e. The third-order valence-corrected chi connectivity index (χ3v) is 5.10. The van der Waals surface area contributed by atoms with Crippen LogP contribution in [0.5, 0.6) is 11.6 Å². The number of amides is 2. The Bertz CT molecular complexity index is 803. The van der Waals surface area contributed by atoms with E-state index in [1.54, 1.807) is 12.1 Å². The lowest BCUT2D eigenvalue weighted by atomic mass is 9.97. The Morgan fingerprint density at radius 3 is 2.44 bits per heavy atom. The summed E-state index contributed by atoms with van der Waals surface area (Å²) in [6, 6.07) is 10.8. The lowest BCUT2D eigenvalue weighted by molar-refractivity contribution is -0.124. The molecule has 2 aromatic rings. The van der Waals surface area contributed by atoms with E-state index in [2.05, 4.69) is 31.5 Å². The molecule has 1 aliphatic rings. The van der Waals surface area contributed by atoms with Crippen molar-refractivity contribution in [2.45, 2.75) is 31.2 Å². The number of anilines is 1. The molecule has 142 valence electrons. The van der Waals surface area contributed by atoms with Gasteiger partial charge < -0.3 is 15.8 Å². The summed E-state index contributed by atoms with van der Waals surface area (Å²) in [4.78, 5) is 28.0. The van der Waals surface area contributed by atoms with E-state index in [1.807, 2.05) is 24.3 Å². The summed E-state index contributed by atoms with van der Waals surface area (Å²) < 4.78 is 6.60. The average molecular weight is 433 g/mol. The quantitative estimate of drug-likeness (QED) is 0.623. The second-order valence-electron chi connectivity index (χ2n) is 6.50. The third-order valence-electron chi connectivity index (χ3n) is 4.57. The molecule has 0 radical (unpaired) electrons. The molecule has 1 heterocycles. The van der Waals surface area contributed by atoms with Crippen LogP contribution in [0.4, 0.5) is 5.69 Å². The number of aromatic nitrogens is 1. The van der Waals surface area contributed by atoms with Crippen molar-refractivity contribution in [2.24, 2.45) is 5.73 Å². The zero-order valence-corrected chi connectivity index (χ0v) is 16.3. The van der Waals surface area contributed by atoms with Crippen molar-refractivity contribution in [2.75, 3.05) is 11.9 Å². The van der Waals surface area contributed by atoms with E-state index in [4.69, 9.17) is 10.5 Å². The van der Waals surface area contributed by atoms with Gasteiger partial charge >= 0.3 is 0 Å². The van der Waals surface area contributed by atoms with E-state index in [0.717, 1.165) is 17.3 Å². The Hall–Kier alpha value is -2.45. The predicted molar refractivity (Wildman–Crippen MR) is 105 cm³/mol. The van der Waals surface area contributed by atoms with Crippen molar-refractivity contribution < 1.29 is 14.3 Å². The number of hydrogen-bond acceptors (Lipinski definition) is 5. The fraction of sp³-hybridized carbons (Fsp3) is 0.316. The van der Waals surface area contributed by atoms with Gasteiger partial charge in [0.2, 0.25) is 17.7 Å². The van der Waals surface area contributed by atoms with Gasteiger partial charge in [-0.05, 0) is 43.2 Å². The molecule has 1 aliphatic carbocycles. The van der Waals surface area contributed by atoms with Crippen molar-refractivity contribution in [3.63, 3.8) is 0 Å². The van der Waals surface area contributed by atoms with Crippen LogP contribution in [0, 0.1) is 0 Å². The minimum atomic E-state index is -0.766. The molecule has 4 N–H and O–H groups in total. The van der Waals surface area contributed by atoms with Gasteiger partial charge in [-0.3, -0.25) is 14.9 Å². The number of nitrogens with zero attached hydrogens (tertiary/aromatic N) is 1. The molecule has 3 rings (SSSR count). The number of pyridine rings is 1. The SMILES string of the molecule is NC(=O)C1(NCC(=O)Nc2ccc(Oc3ccc(Br)cc3)nc2)CCCC1. The van der Waals surface area contributed by atoms with E-state index < -0.39 is 11.4 Å². The maximum atomic E-state index is 12.2. The maximum absolute atomic E-state index is 12.2. The Kier molecular flexibility index (Phi) is 6.08. The molecule has 1 aromatic heterocycles. The molecule has 1 saturated carbocycles. The normalized spacial score (nSPS) is 15.3. The number of primary amides is 1. The first kappa shape index (κ1) is 19.3. The van der Waals surface area contributed by atoms with Crippen molar-refractivity contribution in [3.05, 3.63) is 47.1 Å². The summed E-state index contributed by atoms with van der Waals surface area (Å²) in [5, 5.41) is 5.77. The zero-order chi connectivity index (χ0) is 19.3. The van der Waals surface area contributed by atoms with Crippen LogP contribution in [0.2, 0.25) is 0 Å². The smallest absolute Gasteiger partial charge is 0.238 e. The fourth-order valence-corrected chi connectivity index (χ4v) is 3.35. The molecule has 0 spiro atoms. The summed E-state index contributed by atoms with van der Waals surface area (Å²) in [5.74, 6) is 0.432. The third kappa shape index (κ3) is 5.05. The molecular formula is C19H21BrN4O3. The average Bonchev–Trinajstić information content (AvgIpc) is 3.14. The van der Waals surface area contributed by atoms with E-state index in [0.29, 0.717) is 30.2 Å². The van der Waals surface area contributed by atoms with Crippen LogP contribution in [0.15, 0.2) is 47.1 Å². The molecule has 0 bridgehead atoms. The number of benzene rings is 1. The van der Waals surface area contributed by atoms with Gasteiger partial charge in [-0.2, -0.15) is 0 Å². The van der Waals surface area contributed by atoms with Gasteiger partial charge in [0, 0.05) is 10.5 Å². The number of ether oxygens (including phenoxy) is 1. The monoisotopic (exact) mass is 432 g/mol. The molecule has 27 heavy (non-hydrogen) atoms. The van der Waals surface area contributed by atoms with E-state index in [9.17, 15) is 9.59 Å². The maximum Gasteiger partial charge on any atom is 0.238 e. The molecule has 1 aromatic carbocycles. The second kappa shape index (κ2) is 8.49. The van der Waals surface area contributed by atoms with Gasteiger partial charge in [-0.1, -0.05) is 28.8 Å². The number of nitrogens with two attached hydrogens (primary N) is 1. The molecule has 0 unspecified atom stereocenters. The first-order valence-corrected chi connectivity index (χ1v) is 9.50. The summed E-state index contributed by atoms with van der Waals surface area (Å²) in [6.07, 6.45) is 4.71. The van der Waals surface area contributed by atoms with Crippen LogP contribution >= 0.6 is 15.9 Å². The van der Waals surface area contributed by atoms with Gasteiger partial charge in [-0.15, -0.1) is 0 Å². The second-order valence-corrected chi connectivity index (χ2v) is 7.41. The summed E-state index contributed by atoms with van der Waals surface area (Å²) in [5.41, 5.74) is 5.28. The minimum Gasteiger partial charge on any atom is -0.439 e. The van der Waals surface area contributed by atoms with Crippen LogP contribution in [-0.4, -0.2) is 28.9 Å². The first-order chi connectivity index (χ1) is 13.0. The topological polar surface area (TPSA) is 106 Å². The molecular weight excluding hydrogens is 412 g/mol. The highest BCUT2D eigenvalue weighted by Crippen LogP contribution is 2.29. The Morgan fingerprint density at radius 1 is 1.15 bits per heavy atom. The molecule has 8 heteroatoms. The van der Waals surface area contributed by atoms with E-state index >= 15 is 0 Å². The lowest BCUT2D eigenvalue weighted by Crippen LogP contribution is -2.55. The molecule has 1 fully saturated rings. The van der Waals surface area contributed by atoms with Crippen LogP contribution in [0.1, 0.15) is 25.7 Å². The number of carbonyl (C=O) groups excluding carboxylic acids is 2. The number of rotatable bonds is 7. The molecule has 7 nitrogen and oxygen atoms in total. The van der Waals surface area contributed by atoms with Gasteiger partial charge in [0.1, 0.15) is 5.75 Å². The molecule has 0 saturated heterocycles. The van der Waals surface area contributed by atoms with Gasteiger partial charge in [-0.25, -0.2) is 4.98 Å². The highest BCUT2D eigenvalue weighted by Gasteiger charge is 2.39. The van der Waals surface area contributed by atoms with Crippen molar-refractivity contribution in [3.8, 4) is 11.6 Å². The van der Waals surface area contributed by atoms with Crippen molar-refractivity contribution >= 4 is 33.4 Å². The number of carbonyl (C=O) groups is 2. The number of halogens is 1. The van der Waals surface area contributed by atoms with Gasteiger partial charge in [0.05, 0.1) is 24.0 Å². The predicted octanol–water partition coefficient (Wildman–Crippen LogP) is 2.96. The van der Waals surface area contributed by atoms with Crippen LogP contribution < -0.4 is 21.1 Å². The molecule has 2 amide bonds. The van der Waals surface area contributed by atoms with Gasteiger partial charge in [0.15, 0.2) is 0 Å². The number of hydrogen-bond donors (Lipinski definition) is 3. The highest BCUT2D eigenvalue weighted by molar-refractivity contribution is 9.10. The summed E-state index contributed by atoms with van der Waals surface area (Å²) in [7, 11) is 0. The molecule has 0 aliphatic heterocycles. The van der Waals surface area contributed by atoms with Gasteiger partial charge in [0.25, 0.3) is 0 Å². The van der Waals surface area contributed by atoms with Crippen molar-refractivity contribution in [1.82, 2.24) is 10.3 Å². The highest BCUT2D eigenvalue weighted by atomic mass is 79.9. The summed E-state index contributed by atoms with van der Waals surface area (Å²) >= 11 is 3.37. The van der Waals surface area contributed by atoms with Crippen LogP contribution in [0.3, 0.4) is 0 Å². The first-order valence-electron chi connectivity index (χ1n) is 8.71. The fourth-order valence-electron chi connectivity index (χ4n) is 3.08. The summed E-state index contributed by atoms with van der Waals surface area (Å²) in [6.45, 7) is 0.0140. The molecule has 0 atom stereocenters. The minimum absolute atomic E-state index is 0.0140. The van der Waals surface area contributed by atoms with E-state index in [-0.39, 0.29) is 12.5 Å². The van der Waals surface area contributed by atoms with Crippen LogP contribution in [-0.2, 0) is 9.59 Å². The number of nitrogens with one attached hydrogen (secondary N) is 2. The zero-order valence-electron chi connectivity index (χ0n) is 14.7. The Labute approximate surface area is 165 Å². The standard InChI is InChI=1S/C19H21BrN4O3/c20-13-3-6-15(7-4-13)27-17-8-5-14(11-22-17)24-16(25)12-23-19(18(21)26)9-1-2-10-19/h3-8,11,23H,1-2,9-10,12H2,(H2,21,26)(H,24,25). The Morgan fingerprint density at radius 2 is 1.85 bits per heavy atom. The van der Waals surface area contributed by atoms with Crippen LogP contribution in [0.25, 0.3) is 0 Å². The van der Waals surface area contributed by atoms with E-state index in [1.165, 1.54) is 6.20 Å². The van der Waals surface area contributed by atoms with Crippen molar-refractivity contribution in [1.29, 1.82) is 0 Å². The Balaban J connectivity index is 1.52. The lowest BCUT2D eigenvalue weighted by Gasteiger charge is -2.26.